The van der Waals surface area contributed by atoms with Crippen molar-refractivity contribution in [2.45, 2.75) is 46.1 Å². The van der Waals surface area contributed by atoms with Crippen LogP contribution in [0, 0.1) is 16.0 Å². The topological polar surface area (TPSA) is 26.1 Å². The lowest BCUT2D eigenvalue weighted by molar-refractivity contribution is -0.492. The Labute approximate surface area is 73.9 Å². The van der Waals surface area contributed by atoms with Crippen LogP contribution >= 0.6 is 0 Å². The molecule has 2 rings (SSSR count). The fourth-order valence-corrected chi connectivity index (χ4v) is 3.18. The summed E-state index contributed by atoms with van der Waals surface area (Å²) >= 11 is 0. The number of hydrogen-bond donors (Lipinski definition) is 0. The Morgan fingerprint density at radius 1 is 1.33 bits per heavy atom. The molecule has 1 fully saturated rings. The Balaban J connectivity index is 2.29. The van der Waals surface area contributed by atoms with E-state index in [1.165, 1.54) is 4.74 Å². The molecule has 68 valence electrons. The second-order valence-electron chi connectivity index (χ2n) is 5.55. The van der Waals surface area contributed by atoms with Gasteiger partial charge in [0.1, 0.15) is 0 Å². The quantitative estimate of drug-likeness (QED) is 0.401. The third kappa shape index (κ3) is 1.13. The summed E-state index contributed by atoms with van der Waals surface area (Å²) in [5.41, 5.74) is 0.543. The molecule has 2 heteroatoms. The first-order chi connectivity index (χ1) is 5.40. The van der Waals surface area contributed by atoms with Crippen LogP contribution in [0.5, 0.6) is 0 Å². The molecule has 0 amide bonds. The number of nitrogens with zero attached hydrogens (tertiary/aromatic N) is 1. The molecule has 1 saturated carbocycles. The zero-order chi connectivity index (χ0) is 8.98. The number of rotatable bonds is 0. The average molecular weight is 167 g/mol. The highest BCUT2D eigenvalue weighted by atomic mass is 16.5. The van der Waals surface area contributed by atoms with Crippen LogP contribution in [0.1, 0.15) is 40.0 Å². The van der Waals surface area contributed by atoms with Gasteiger partial charge in [0.25, 0.3) is 0 Å². The van der Waals surface area contributed by atoms with Gasteiger partial charge in [0.05, 0.1) is 5.41 Å². The Morgan fingerprint density at radius 2 is 2.00 bits per heavy atom. The van der Waals surface area contributed by atoms with Crippen molar-refractivity contribution in [2.75, 3.05) is 0 Å². The SMILES string of the molecule is CC1(C)C[C@H]2C[C@](C)(C=[N+]2[O-])C1. The first-order valence-corrected chi connectivity index (χ1v) is 4.72. The Bertz CT molecular complexity index is 244. The van der Waals surface area contributed by atoms with Crippen molar-refractivity contribution < 1.29 is 4.74 Å². The van der Waals surface area contributed by atoms with E-state index in [2.05, 4.69) is 20.8 Å². The molecule has 0 aromatic rings. The third-order valence-corrected chi connectivity index (χ3v) is 3.17. The van der Waals surface area contributed by atoms with Gasteiger partial charge in [-0.2, -0.15) is 0 Å². The molecule has 0 N–H and O–H groups in total. The molecule has 1 aliphatic heterocycles. The standard InChI is InChI=1S/C10H17NO/c1-9(2)4-8-5-10(3,6-9)7-11(8)12/h7-8H,4-6H2,1-3H3/t8-,10-/m0/s1. The van der Waals surface area contributed by atoms with Gasteiger partial charge in [-0.25, -0.2) is 4.74 Å². The number of hydroxylamine groups is 1. The van der Waals surface area contributed by atoms with Crippen LogP contribution in [0.3, 0.4) is 0 Å². The Hall–Kier alpha value is -0.530. The second-order valence-corrected chi connectivity index (χ2v) is 5.55. The minimum absolute atomic E-state index is 0.189. The van der Waals surface area contributed by atoms with Crippen molar-refractivity contribution in [3.05, 3.63) is 5.21 Å². The molecule has 0 saturated heterocycles. The second kappa shape index (κ2) is 2.04. The summed E-state index contributed by atoms with van der Waals surface area (Å²) < 4.78 is 1.19. The van der Waals surface area contributed by atoms with Gasteiger partial charge >= 0.3 is 0 Å². The summed E-state index contributed by atoms with van der Waals surface area (Å²) in [6.45, 7) is 6.74. The highest BCUT2D eigenvalue weighted by Crippen LogP contribution is 2.48. The van der Waals surface area contributed by atoms with Crippen molar-refractivity contribution >= 4 is 6.21 Å². The molecule has 12 heavy (non-hydrogen) atoms. The van der Waals surface area contributed by atoms with Gasteiger partial charge in [0.2, 0.25) is 0 Å². The minimum Gasteiger partial charge on any atom is -0.624 e. The number of fused-ring (bicyclic) bond motifs is 2. The summed E-state index contributed by atoms with van der Waals surface area (Å²) in [4.78, 5) is 0. The van der Waals surface area contributed by atoms with Crippen molar-refractivity contribution in [1.82, 2.24) is 0 Å². The van der Waals surface area contributed by atoms with Crippen LogP contribution in [0.15, 0.2) is 0 Å². The molecule has 1 aliphatic carbocycles. The molecule has 1 heterocycles. The highest BCUT2D eigenvalue weighted by molar-refractivity contribution is 5.62. The summed E-state index contributed by atoms with van der Waals surface area (Å²) in [5.74, 6) is 0. The molecule has 0 radical (unpaired) electrons. The van der Waals surface area contributed by atoms with E-state index in [9.17, 15) is 5.21 Å². The fraction of sp³-hybridized carbons (Fsp3) is 0.900. The molecule has 0 aromatic carbocycles. The first-order valence-electron chi connectivity index (χ1n) is 4.72. The van der Waals surface area contributed by atoms with E-state index in [1.54, 1.807) is 0 Å². The molecular formula is C10H17NO. The van der Waals surface area contributed by atoms with Crippen molar-refractivity contribution in [1.29, 1.82) is 0 Å². The third-order valence-electron chi connectivity index (χ3n) is 3.17. The lowest BCUT2D eigenvalue weighted by atomic mass is 9.65. The van der Waals surface area contributed by atoms with E-state index in [0.29, 0.717) is 5.41 Å². The van der Waals surface area contributed by atoms with Gasteiger partial charge in [-0.1, -0.05) is 20.8 Å². The van der Waals surface area contributed by atoms with Gasteiger partial charge in [0.15, 0.2) is 12.3 Å². The van der Waals surface area contributed by atoms with Gasteiger partial charge in [-0.05, 0) is 11.8 Å². The largest absolute Gasteiger partial charge is 0.624 e. The van der Waals surface area contributed by atoms with Crippen molar-refractivity contribution in [3.8, 4) is 0 Å². The van der Waals surface area contributed by atoms with E-state index >= 15 is 0 Å². The van der Waals surface area contributed by atoms with Gasteiger partial charge in [-0.3, -0.25) is 0 Å². The molecule has 0 aromatic heterocycles. The summed E-state index contributed by atoms with van der Waals surface area (Å²) in [6, 6.07) is 0.263. The van der Waals surface area contributed by atoms with Gasteiger partial charge < -0.3 is 5.21 Å². The lowest BCUT2D eigenvalue weighted by Gasteiger charge is -2.36. The molecule has 0 spiro atoms. The van der Waals surface area contributed by atoms with Crippen molar-refractivity contribution in [2.24, 2.45) is 10.8 Å². The maximum atomic E-state index is 11.4. The van der Waals surface area contributed by atoms with E-state index in [0.717, 1.165) is 19.3 Å². The van der Waals surface area contributed by atoms with Crippen LogP contribution in [-0.2, 0) is 0 Å². The molecule has 2 atom stereocenters. The molecule has 2 nitrogen and oxygen atoms in total. The average Bonchev–Trinajstić information content (AvgIpc) is 1.99. The van der Waals surface area contributed by atoms with E-state index in [-0.39, 0.29) is 11.5 Å². The monoisotopic (exact) mass is 167 g/mol. The minimum atomic E-state index is 0.189. The predicted molar refractivity (Wildman–Crippen MR) is 49.2 cm³/mol. The Morgan fingerprint density at radius 3 is 2.58 bits per heavy atom. The van der Waals surface area contributed by atoms with Gasteiger partial charge in [0, 0.05) is 12.8 Å². The summed E-state index contributed by atoms with van der Waals surface area (Å²) in [7, 11) is 0. The van der Waals surface area contributed by atoms with E-state index < -0.39 is 0 Å². The van der Waals surface area contributed by atoms with E-state index in [1.807, 2.05) is 6.21 Å². The molecule has 0 unspecified atom stereocenters. The lowest BCUT2D eigenvalue weighted by Crippen LogP contribution is -2.34. The van der Waals surface area contributed by atoms with Crippen LogP contribution < -0.4 is 0 Å². The normalized spacial score (nSPS) is 44.2. The predicted octanol–water partition coefficient (Wildman–Crippen LogP) is 2.17. The molecular weight excluding hydrogens is 150 g/mol. The molecule has 2 aliphatic rings. The van der Waals surface area contributed by atoms with Crippen LogP contribution in [0.4, 0.5) is 0 Å². The highest BCUT2D eigenvalue weighted by Gasteiger charge is 2.49. The van der Waals surface area contributed by atoms with Gasteiger partial charge in [-0.15, -0.1) is 0 Å². The zero-order valence-electron chi connectivity index (χ0n) is 8.13. The number of hydrogen-bond acceptors (Lipinski definition) is 1. The van der Waals surface area contributed by atoms with E-state index in [4.69, 9.17) is 0 Å². The summed E-state index contributed by atoms with van der Waals surface area (Å²) in [6.07, 6.45) is 5.18. The van der Waals surface area contributed by atoms with Crippen LogP contribution in [-0.4, -0.2) is 17.0 Å². The Kier molecular flexibility index (Phi) is 1.37. The fourth-order valence-electron chi connectivity index (χ4n) is 3.18. The maximum Gasteiger partial charge on any atom is 0.164 e. The van der Waals surface area contributed by atoms with Crippen LogP contribution in [0.2, 0.25) is 0 Å². The van der Waals surface area contributed by atoms with Crippen molar-refractivity contribution in [3.63, 3.8) is 0 Å². The maximum absolute atomic E-state index is 11.4. The first kappa shape index (κ1) is 8.09. The summed E-state index contributed by atoms with van der Waals surface area (Å²) in [5, 5.41) is 11.4. The zero-order valence-corrected chi connectivity index (χ0v) is 8.13. The molecule has 2 bridgehead atoms. The smallest absolute Gasteiger partial charge is 0.164 e. The van der Waals surface area contributed by atoms with Crippen LogP contribution in [0.25, 0.3) is 0 Å².